The molecule has 1 heterocycles. The van der Waals surface area contributed by atoms with Crippen LogP contribution in [0.5, 0.6) is 0 Å². The van der Waals surface area contributed by atoms with Gasteiger partial charge in [0.25, 0.3) is 0 Å². The Balaban J connectivity index is 3.02. The average Bonchev–Trinajstić information content (AvgIpc) is 2.38. The van der Waals surface area contributed by atoms with Crippen molar-refractivity contribution in [3.05, 3.63) is 39.0 Å². The first kappa shape index (κ1) is 13.5. The van der Waals surface area contributed by atoms with Gasteiger partial charge in [0.1, 0.15) is 5.82 Å². The maximum Gasteiger partial charge on any atom is 0.373 e. The number of benzene rings is 1. The van der Waals surface area contributed by atoms with Crippen LogP contribution in [0.15, 0.2) is 9.21 Å². The lowest BCUT2D eigenvalue weighted by atomic mass is 10.0. The van der Waals surface area contributed by atoms with Crippen molar-refractivity contribution in [2.45, 2.75) is 20.8 Å². The molecule has 2 rings (SSSR count). The maximum absolute atomic E-state index is 14.2. The van der Waals surface area contributed by atoms with Gasteiger partial charge in [-0.15, -0.1) is 0 Å². The minimum absolute atomic E-state index is 0.0169. The summed E-state index contributed by atoms with van der Waals surface area (Å²) in [6.45, 7) is 4.67. The summed E-state index contributed by atoms with van der Waals surface area (Å²) in [7, 11) is 0. The average molecular weight is 271 g/mol. The molecule has 0 saturated heterocycles. The summed E-state index contributed by atoms with van der Waals surface area (Å²) in [5, 5.41) is 2.32. The Kier molecular flexibility index (Phi) is 3.26. The third-order valence-corrected chi connectivity index (χ3v) is 3.00. The lowest BCUT2D eigenvalue weighted by molar-refractivity contribution is 0.464. The van der Waals surface area contributed by atoms with Gasteiger partial charge in [0.05, 0.1) is 11.1 Å². The standard InChI is InChI=1S/C13H12F3NO2/c1-4-17-11-6(3)8(14)7-5(2)9(15)13(18)19-12(7)10(11)16/h17H,4H2,1-3H3. The lowest BCUT2D eigenvalue weighted by Crippen LogP contribution is -2.11. The van der Waals surface area contributed by atoms with Crippen LogP contribution in [0.2, 0.25) is 0 Å². The van der Waals surface area contributed by atoms with Gasteiger partial charge in [-0.25, -0.2) is 13.6 Å². The molecule has 2 aromatic rings. The van der Waals surface area contributed by atoms with E-state index in [-0.39, 0.29) is 22.2 Å². The fourth-order valence-electron chi connectivity index (χ4n) is 2.00. The summed E-state index contributed by atoms with van der Waals surface area (Å²) in [6, 6.07) is 0. The van der Waals surface area contributed by atoms with Crippen molar-refractivity contribution in [3.63, 3.8) is 0 Å². The van der Waals surface area contributed by atoms with Gasteiger partial charge in [0, 0.05) is 17.7 Å². The molecule has 102 valence electrons. The molecule has 0 bridgehead atoms. The highest BCUT2D eigenvalue weighted by molar-refractivity contribution is 5.86. The molecule has 0 saturated carbocycles. The Labute approximate surface area is 107 Å². The molecule has 0 aliphatic rings. The van der Waals surface area contributed by atoms with Crippen LogP contribution in [0.4, 0.5) is 18.9 Å². The van der Waals surface area contributed by atoms with E-state index in [2.05, 4.69) is 9.73 Å². The lowest BCUT2D eigenvalue weighted by Gasteiger charge is -2.13. The molecule has 3 nitrogen and oxygen atoms in total. The molecular weight excluding hydrogens is 259 g/mol. The predicted octanol–water partition coefficient (Wildman–Crippen LogP) is 3.26. The zero-order valence-corrected chi connectivity index (χ0v) is 10.7. The molecule has 0 aliphatic carbocycles. The molecular formula is C13H12F3NO2. The molecule has 1 aromatic carbocycles. The van der Waals surface area contributed by atoms with Crippen molar-refractivity contribution < 1.29 is 17.6 Å². The molecule has 1 N–H and O–H groups in total. The summed E-state index contributed by atoms with van der Waals surface area (Å²) >= 11 is 0. The number of rotatable bonds is 2. The third-order valence-electron chi connectivity index (χ3n) is 3.00. The molecule has 0 unspecified atom stereocenters. The normalized spacial score (nSPS) is 11.1. The number of halogens is 3. The monoisotopic (exact) mass is 271 g/mol. The van der Waals surface area contributed by atoms with Crippen LogP contribution in [-0.2, 0) is 0 Å². The first-order valence-electron chi connectivity index (χ1n) is 5.74. The van der Waals surface area contributed by atoms with E-state index in [0.717, 1.165) is 0 Å². The van der Waals surface area contributed by atoms with Crippen molar-refractivity contribution in [1.29, 1.82) is 0 Å². The van der Waals surface area contributed by atoms with Crippen LogP contribution in [0.1, 0.15) is 18.1 Å². The highest BCUT2D eigenvalue weighted by Crippen LogP contribution is 2.33. The highest BCUT2D eigenvalue weighted by Gasteiger charge is 2.23. The first-order valence-corrected chi connectivity index (χ1v) is 5.74. The molecule has 0 atom stereocenters. The van der Waals surface area contributed by atoms with Gasteiger partial charge in [-0.2, -0.15) is 4.39 Å². The van der Waals surface area contributed by atoms with E-state index in [1.807, 2.05) is 0 Å². The molecule has 0 fully saturated rings. The van der Waals surface area contributed by atoms with Gasteiger partial charge < -0.3 is 9.73 Å². The van der Waals surface area contributed by atoms with E-state index in [9.17, 15) is 18.0 Å². The van der Waals surface area contributed by atoms with E-state index in [4.69, 9.17) is 0 Å². The minimum Gasteiger partial charge on any atom is -0.417 e. The zero-order valence-electron chi connectivity index (χ0n) is 10.7. The quantitative estimate of drug-likeness (QED) is 0.852. The van der Waals surface area contributed by atoms with Crippen LogP contribution >= 0.6 is 0 Å². The largest absolute Gasteiger partial charge is 0.417 e. The van der Waals surface area contributed by atoms with Gasteiger partial charge in [-0.05, 0) is 20.8 Å². The zero-order chi connectivity index (χ0) is 14.3. The van der Waals surface area contributed by atoms with Crippen LogP contribution in [0, 0.1) is 31.3 Å². The SMILES string of the molecule is CCNc1c(C)c(F)c2c(C)c(F)c(=O)oc2c1F. The van der Waals surface area contributed by atoms with Crippen LogP contribution in [-0.4, -0.2) is 6.54 Å². The molecule has 0 spiro atoms. The van der Waals surface area contributed by atoms with Gasteiger partial charge >= 0.3 is 5.63 Å². The van der Waals surface area contributed by atoms with E-state index in [1.165, 1.54) is 13.8 Å². The summed E-state index contributed by atoms with van der Waals surface area (Å²) < 4.78 is 46.4. The molecule has 0 radical (unpaired) electrons. The number of aryl methyl sites for hydroxylation is 1. The number of hydrogen-bond donors (Lipinski definition) is 1. The number of nitrogens with one attached hydrogen (secondary N) is 1. The fourth-order valence-corrected chi connectivity index (χ4v) is 2.00. The number of hydrogen-bond acceptors (Lipinski definition) is 3. The molecule has 1 aromatic heterocycles. The smallest absolute Gasteiger partial charge is 0.373 e. The molecule has 6 heteroatoms. The van der Waals surface area contributed by atoms with Crippen molar-refractivity contribution in [1.82, 2.24) is 0 Å². The van der Waals surface area contributed by atoms with E-state index in [1.54, 1.807) is 6.92 Å². The molecule has 0 amide bonds. The maximum atomic E-state index is 14.2. The van der Waals surface area contributed by atoms with E-state index >= 15 is 0 Å². The summed E-state index contributed by atoms with van der Waals surface area (Å²) in [5.74, 6) is -2.90. The van der Waals surface area contributed by atoms with Crippen LogP contribution < -0.4 is 10.9 Å². The second-order valence-electron chi connectivity index (χ2n) is 4.19. The summed E-state index contributed by atoms with van der Waals surface area (Å²) in [4.78, 5) is 11.2. The Morgan fingerprint density at radius 1 is 1.05 bits per heavy atom. The van der Waals surface area contributed by atoms with Gasteiger partial charge in [0.15, 0.2) is 11.4 Å². The fraction of sp³-hybridized carbons (Fsp3) is 0.308. The Bertz CT molecular complexity index is 722. The van der Waals surface area contributed by atoms with Crippen molar-refractivity contribution in [2.24, 2.45) is 0 Å². The number of anilines is 1. The summed E-state index contributed by atoms with van der Waals surface area (Å²) in [5.41, 5.74) is -2.20. The van der Waals surface area contributed by atoms with Gasteiger partial charge in [-0.3, -0.25) is 0 Å². The van der Waals surface area contributed by atoms with Crippen molar-refractivity contribution in [2.75, 3.05) is 11.9 Å². The first-order chi connectivity index (χ1) is 8.90. The van der Waals surface area contributed by atoms with Crippen molar-refractivity contribution in [3.8, 4) is 0 Å². The third kappa shape index (κ3) is 1.87. The second-order valence-corrected chi connectivity index (χ2v) is 4.19. The van der Waals surface area contributed by atoms with Crippen LogP contribution in [0.3, 0.4) is 0 Å². The van der Waals surface area contributed by atoms with Gasteiger partial charge in [-0.1, -0.05) is 0 Å². The van der Waals surface area contributed by atoms with E-state index < -0.39 is 28.7 Å². The van der Waals surface area contributed by atoms with Crippen molar-refractivity contribution >= 4 is 16.7 Å². The summed E-state index contributed by atoms with van der Waals surface area (Å²) in [6.07, 6.45) is 0. The topological polar surface area (TPSA) is 42.2 Å². The Hall–Kier alpha value is -1.98. The molecule has 0 aliphatic heterocycles. The minimum atomic E-state index is -1.31. The highest BCUT2D eigenvalue weighted by atomic mass is 19.1. The molecule has 19 heavy (non-hydrogen) atoms. The van der Waals surface area contributed by atoms with Gasteiger partial charge in [0.2, 0.25) is 5.82 Å². The predicted molar refractivity (Wildman–Crippen MR) is 66.0 cm³/mol. The second kappa shape index (κ2) is 4.60. The number of fused-ring (bicyclic) bond motifs is 1. The van der Waals surface area contributed by atoms with Crippen LogP contribution in [0.25, 0.3) is 11.0 Å². The Morgan fingerprint density at radius 2 is 1.68 bits per heavy atom. The van der Waals surface area contributed by atoms with E-state index in [0.29, 0.717) is 6.54 Å². The Morgan fingerprint density at radius 3 is 2.26 bits per heavy atom.